The van der Waals surface area contributed by atoms with Crippen LogP contribution in [-0.4, -0.2) is 27.2 Å². The van der Waals surface area contributed by atoms with E-state index in [1.807, 2.05) is 0 Å². The molecule has 0 radical (unpaired) electrons. The van der Waals surface area contributed by atoms with Crippen molar-refractivity contribution >= 4 is 72.4 Å². The van der Waals surface area contributed by atoms with Crippen LogP contribution in [0, 0.1) is 0 Å². The quantitative estimate of drug-likeness (QED) is 0.124. The van der Waals surface area contributed by atoms with Gasteiger partial charge in [0.25, 0.3) is 0 Å². The second-order valence-corrected chi connectivity index (χ2v) is 20.3. The van der Waals surface area contributed by atoms with Gasteiger partial charge in [-0.25, -0.2) is 9.97 Å². The highest BCUT2D eigenvalue weighted by Crippen LogP contribution is 2.49. The molecule has 12 aromatic rings. The third-order valence-electron chi connectivity index (χ3n) is 13.2. The number of para-hydroxylation sites is 3. The first kappa shape index (κ1) is 35.6. The van der Waals surface area contributed by atoms with Crippen LogP contribution in [0.1, 0.15) is 0 Å². The molecular formula is C58H38N4Si. The van der Waals surface area contributed by atoms with E-state index in [1.54, 1.807) is 0 Å². The number of hydrogen-bond acceptors (Lipinski definition) is 2. The Hall–Kier alpha value is -8.12. The standard InChI is InChI=1S/C58H38N4Si/c1-5-20-39(21-6-1)56-59-57(54-47-31-14-13-28-44(47)48-32-19-33-49-45-29-15-18-35-52(45)62(55(48)49)58(54)60-56)61-51-34-17-16-30-46(51)50-38-43(36-37-53(50)61)63(40-22-7-2-8-23-40,41-24-9-3-10-25-41)42-26-11-4-12-27-42/h1-38H. The lowest BCUT2D eigenvalue weighted by Gasteiger charge is -2.34. The van der Waals surface area contributed by atoms with E-state index < -0.39 is 8.07 Å². The van der Waals surface area contributed by atoms with Gasteiger partial charge in [-0.1, -0.05) is 212 Å². The predicted octanol–water partition coefficient (Wildman–Crippen LogP) is 11.4. The van der Waals surface area contributed by atoms with Gasteiger partial charge in [0.05, 0.1) is 27.6 Å². The normalized spacial score (nSPS) is 12.1. The minimum Gasteiger partial charge on any atom is -0.293 e. The molecule has 1 aliphatic heterocycles. The first-order valence-electron chi connectivity index (χ1n) is 21.6. The fourth-order valence-electron chi connectivity index (χ4n) is 10.6. The Bertz CT molecular complexity index is 3630. The van der Waals surface area contributed by atoms with Gasteiger partial charge in [0.1, 0.15) is 0 Å². The highest BCUT2D eigenvalue weighted by atomic mass is 28.3. The topological polar surface area (TPSA) is 35.6 Å². The SMILES string of the molecule is c1ccc(-c2nc(-n3c4ccccc4c4cc([Si](c5ccccc5)(c5ccccc5)c5ccccc5)ccc43)c3c(n2)-n2c4ccccc4c4cccc(c42)-c2ccccc2-3)cc1. The Morgan fingerprint density at radius 3 is 1.41 bits per heavy atom. The maximum absolute atomic E-state index is 5.69. The number of benzene rings is 9. The molecule has 63 heavy (non-hydrogen) atoms. The second kappa shape index (κ2) is 14.0. The van der Waals surface area contributed by atoms with Crippen LogP contribution in [0.25, 0.3) is 88.9 Å². The molecule has 5 heteroatoms. The molecule has 9 aromatic carbocycles. The number of hydrogen-bond donors (Lipinski definition) is 0. The van der Waals surface area contributed by atoms with Crippen LogP contribution in [0.4, 0.5) is 0 Å². The average Bonchev–Trinajstić information content (AvgIpc) is 3.84. The van der Waals surface area contributed by atoms with Crippen LogP contribution in [0.3, 0.4) is 0 Å². The summed E-state index contributed by atoms with van der Waals surface area (Å²) in [6.07, 6.45) is 0. The van der Waals surface area contributed by atoms with E-state index >= 15 is 0 Å². The summed E-state index contributed by atoms with van der Waals surface area (Å²) in [5, 5.41) is 10.2. The van der Waals surface area contributed by atoms with E-state index in [-0.39, 0.29) is 0 Å². The smallest absolute Gasteiger partial charge is 0.179 e. The number of aromatic nitrogens is 4. The van der Waals surface area contributed by atoms with Crippen LogP contribution < -0.4 is 20.7 Å². The molecule has 4 nitrogen and oxygen atoms in total. The van der Waals surface area contributed by atoms with E-state index in [0.717, 1.165) is 56.0 Å². The van der Waals surface area contributed by atoms with E-state index in [1.165, 1.54) is 47.9 Å². The van der Waals surface area contributed by atoms with E-state index in [0.29, 0.717) is 5.82 Å². The predicted molar refractivity (Wildman–Crippen MR) is 264 cm³/mol. The summed E-state index contributed by atoms with van der Waals surface area (Å²) in [7, 11) is -2.82. The molecule has 13 rings (SSSR count). The van der Waals surface area contributed by atoms with Crippen LogP contribution in [0.15, 0.2) is 231 Å². The highest BCUT2D eigenvalue weighted by molar-refractivity contribution is 7.20. The molecule has 0 aliphatic carbocycles. The Balaban J connectivity index is 1.18. The Morgan fingerprint density at radius 1 is 0.317 bits per heavy atom. The first-order valence-corrected chi connectivity index (χ1v) is 23.6. The fourth-order valence-corrected chi connectivity index (χ4v) is 15.4. The zero-order chi connectivity index (χ0) is 41.5. The second-order valence-electron chi connectivity index (χ2n) is 16.5. The molecule has 0 amide bonds. The molecule has 1 aliphatic rings. The monoisotopic (exact) mass is 818 g/mol. The maximum Gasteiger partial charge on any atom is 0.179 e. The van der Waals surface area contributed by atoms with Gasteiger partial charge in [0.15, 0.2) is 25.5 Å². The van der Waals surface area contributed by atoms with Crippen molar-refractivity contribution in [2.24, 2.45) is 0 Å². The van der Waals surface area contributed by atoms with Crippen molar-refractivity contribution in [2.75, 3.05) is 0 Å². The minimum atomic E-state index is -2.82. The Kier molecular flexibility index (Phi) is 7.89. The van der Waals surface area contributed by atoms with Crippen molar-refractivity contribution in [3.63, 3.8) is 0 Å². The third-order valence-corrected chi connectivity index (χ3v) is 18.0. The average molecular weight is 819 g/mol. The van der Waals surface area contributed by atoms with Gasteiger partial charge in [-0.3, -0.25) is 9.13 Å². The zero-order valence-electron chi connectivity index (χ0n) is 34.2. The van der Waals surface area contributed by atoms with Gasteiger partial charge >= 0.3 is 0 Å². The lowest BCUT2D eigenvalue weighted by Crippen LogP contribution is -2.74. The fraction of sp³-hybridized carbons (Fsp3) is 0. The highest BCUT2D eigenvalue weighted by Gasteiger charge is 2.42. The van der Waals surface area contributed by atoms with Gasteiger partial charge in [-0.2, -0.15) is 0 Å². The molecule has 0 fully saturated rings. The molecule has 0 unspecified atom stereocenters. The van der Waals surface area contributed by atoms with Gasteiger partial charge in [-0.05, 0) is 50.1 Å². The molecule has 294 valence electrons. The lowest BCUT2D eigenvalue weighted by molar-refractivity contribution is 1.00. The van der Waals surface area contributed by atoms with Crippen molar-refractivity contribution in [2.45, 2.75) is 0 Å². The summed E-state index contributed by atoms with van der Waals surface area (Å²) in [4.78, 5) is 11.3. The van der Waals surface area contributed by atoms with Crippen molar-refractivity contribution in [3.05, 3.63) is 231 Å². The van der Waals surface area contributed by atoms with Crippen molar-refractivity contribution in [1.82, 2.24) is 19.1 Å². The lowest BCUT2D eigenvalue weighted by atomic mass is 9.94. The Labute approximate surface area is 365 Å². The Morgan fingerprint density at radius 2 is 0.778 bits per heavy atom. The summed E-state index contributed by atoms with van der Waals surface area (Å²) < 4.78 is 4.81. The van der Waals surface area contributed by atoms with Gasteiger partial charge in [0.2, 0.25) is 0 Å². The van der Waals surface area contributed by atoms with Crippen LogP contribution in [0.5, 0.6) is 0 Å². The molecule has 0 saturated heterocycles. The number of fused-ring (bicyclic) bond motifs is 11. The van der Waals surface area contributed by atoms with E-state index in [4.69, 9.17) is 9.97 Å². The summed E-state index contributed by atoms with van der Waals surface area (Å²) in [5.41, 5.74) is 9.88. The first-order chi connectivity index (χ1) is 31.3. The summed E-state index contributed by atoms with van der Waals surface area (Å²) in [6, 6.07) is 84.3. The van der Waals surface area contributed by atoms with Crippen LogP contribution in [-0.2, 0) is 0 Å². The molecule has 3 aromatic heterocycles. The van der Waals surface area contributed by atoms with Crippen molar-refractivity contribution in [1.29, 1.82) is 0 Å². The van der Waals surface area contributed by atoms with Gasteiger partial charge in [-0.15, -0.1) is 0 Å². The maximum atomic E-state index is 5.69. The molecule has 0 saturated carbocycles. The third kappa shape index (κ3) is 5.14. The molecule has 0 N–H and O–H groups in total. The van der Waals surface area contributed by atoms with Gasteiger partial charge < -0.3 is 0 Å². The van der Waals surface area contributed by atoms with Crippen molar-refractivity contribution < 1.29 is 0 Å². The molecule has 0 spiro atoms. The van der Waals surface area contributed by atoms with Crippen molar-refractivity contribution in [3.8, 4) is 45.3 Å². The molecular weight excluding hydrogens is 781 g/mol. The minimum absolute atomic E-state index is 0.679. The molecule has 0 bridgehead atoms. The van der Waals surface area contributed by atoms with E-state index in [9.17, 15) is 0 Å². The zero-order valence-corrected chi connectivity index (χ0v) is 35.2. The van der Waals surface area contributed by atoms with Crippen LogP contribution >= 0.6 is 0 Å². The number of nitrogens with zero attached hydrogens (tertiary/aromatic N) is 4. The molecule has 0 atom stereocenters. The summed E-state index contributed by atoms with van der Waals surface area (Å²) in [5.74, 6) is 2.40. The largest absolute Gasteiger partial charge is 0.293 e. The van der Waals surface area contributed by atoms with Gasteiger partial charge in [0, 0.05) is 32.7 Å². The van der Waals surface area contributed by atoms with Crippen LogP contribution in [0.2, 0.25) is 0 Å². The number of rotatable bonds is 6. The summed E-state index contributed by atoms with van der Waals surface area (Å²) in [6.45, 7) is 0. The van der Waals surface area contributed by atoms with E-state index in [2.05, 4.69) is 240 Å². The summed E-state index contributed by atoms with van der Waals surface area (Å²) >= 11 is 0. The molecule has 4 heterocycles.